The van der Waals surface area contributed by atoms with Crippen LogP contribution in [0.25, 0.3) is 0 Å². The van der Waals surface area contributed by atoms with E-state index in [0.29, 0.717) is 6.61 Å². The molecule has 33 heavy (non-hydrogen) atoms. The van der Waals surface area contributed by atoms with Crippen LogP contribution in [0.3, 0.4) is 0 Å². The normalized spacial score (nSPS) is 12.2. The first-order valence-corrected chi connectivity index (χ1v) is 12.2. The van der Waals surface area contributed by atoms with E-state index < -0.39 is 0 Å². The second kappa shape index (κ2) is 17.2. The van der Waals surface area contributed by atoms with Gasteiger partial charge in [0.1, 0.15) is 6.61 Å². The minimum absolute atomic E-state index is 0.107. The molecule has 0 aromatic carbocycles. The number of ether oxygens (including phenoxy) is 1. The lowest BCUT2D eigenvalue weighted by molar-refractivity contribution is -0.154. The lowest BCUT2D eigenvalue weighted by Crippen LogP contribution is -2.42. The number of nitrogens with one attached hydrogen (secondary N) is 1. The van der Waals surface area contributed by atoms with Crippen LogP contribution in [0.4, 0.5) is 0 Å². The van der Waals surface area contributed by atoms with Gasteiger partial charge in [-0.15, -0.1) is 0 Å². The molecule has 0 aliphatic rings. The maximum atomic E-state index is 11.9. The summed E-state index contributed by atoms with van der Waals surface area (Å²) in [6.45, 7) is 16.6. The number of hydrogen-bond donors (Lipinski definition) is 1. The molecular weight excluding hydrogens is 418 g/mol. The topological polar surface area (TPSA) is 68.4 Å². The standard InChI is InChI=1S/C14H31N3O2.C11H24N2O/c1-8-14(2,3)13(18)19-10-9-17(11-15(4)5)12-16(6)7;1-6-11(2,3)10(14)12-8-7-9-13(4)5/h8-12H2,1-7H3;6-9H2,1-5H3,(H,12,14). The molecule has 0 radical (unpaired) electrons. The summed E-state index contributed by atoms with van der Waals surface area (Å²) in [6, 6.07) is 0. The number of hydrogen-bond acceptors (Lipinski definition) is 7. The molecule has 0 spiro atoms. The zero-order chi connectivity index (χ0) is 26.2. The van der Waals surface area contributed by atoms with Gasteiger partial charge in [-0.1, -0.05) is 27.7 Å². The first kappa shape index (κ1) is 34.0. The van der Waals surface area contributed by atoms with Crippen molar-refractivity contribution in [3.05, 3.63) is 0 Å². The Morgan fingerprint density at radius 3 is 1.64 bits per heavy atom. The Hall–Kier alpha value is -1.22. The summed E-state index contributed by atoms with van der Waals surface area (Å²) in [5.41, 5.74) is -0.605. The second-order valence-electron chi connectivity index (χ2n) is 10.9. The van der Waals surface area contributed by atoms with E-state index in [1.807, 2.05) is 83.8 Å². The molecule has 0 aromatic rings. The number of carbonyl (C=O) groups excluding carboxylic acids is 2. The molecule has 0 aliphatic heterocycles. The van der Waals surface area contributed by atoms with Gasteiger partial charge >= 0.3 is 5.97 Å². The first-order chi connectivity index (χ1) is 15.1. The summed E-state index contributed by atoms with van der Waals surface area (Å²) in [6.07, 6.45) is 2.69. The van der Waals surface area contributed by atoms with Crippen LogP contribution in [0.5, 0.6) is 0 Å². The molecule has 8 heteroatoms. The van der Waals surface area contributed by atoms with Crippen molar-refractivity contribution in [2.45, 2.75) is 60.8 Å². The molecule has 0 unspecified atom stereocenters. The van der Waals surface area contributed by atoms with Crippen LogP contribution in [-0.4, -0.2) is 113 Å². The molecule has 0 aliphatic carbocycles. The maximum Gasteiger partial charge on any atom is 0.311 e. The smallest absolute Gasteiger partial charge is 0.311 e. The van der Waals surface area contributed by atoms with Crippen LogP contribution in [0.15, 0.2) is 0 Å². The van der Waals surface area contributed by atoms with Gasteiger partial charge in [-0.2, -0.15) is 0 Å². The molecule has 0 saturated heterocycles. The fraction of sp³-hybridized carbons (Fsp3) is 0.920. The highest BCUT2D eigenvalue weighted by atomic mass is 16.5. The monoisotopic (exact) mass is 473 g/mol. The average Bonchev–Trinajstić information content (AvgIpc) is 2.70. The summed E-state index contributed by atoms with van der Waals surface area (Å²) >= 11 is 0. The van der Waals surface area contributed by atoms with Crippen molar-refractivity contribution >= 4 is 11.9 Å². The number of esters is 1. The molecule has 198 valence electrons. The Bertz CT molecular complexity index is 524. The molecule has 0 bridgehead atoms. The van der Waals surface area contributed by atoms with E-state index in [1.54, 1.807) is 0 Å². The van der Waals surface area contributed by atoms with E-state index in [1.165, 1.54) is 0 Å². The van der Waals surface area contributed by atoms with Crippen LogP contribution < -0.4 is 5.32 Å². The van der Waals surface area contributed by atoms with Crippen molar-refractivity contribution in [1.82, 2.24) is 24.9 Å². The van der Waals surface area contributed by atoms with E-state index in [4.69, 9.17) is 4.74 Å². The minimum atomic E-state index is -0.381. The highest BCUT2D eigenvalue weighted by Gasteiger charge is 2.27. The van der Waals surface area contributed by atoms with Gasteiger partial charge in [-0.05, 0) is 81.9 Å². The molecule has 8 nitrogen and oxygen atoms in total. The summed E-state index contributed by atoms with van der Waals surface area (Å²) in [5, 5.41) is 2.96. The minimum Gasteiger partial charge on any atom is -0.464 e. The molecule has 0 heterocycles. The SMILES string of the molecule is CCC(C)(C)C(=O)NCCCN(C)C.CCC(C)(C)C(=O)OCCN(CN(C)C)CN(C)C. The van der Waals surface area contributed by atoms with Crippen molar-refractivity contribution in [2.75, 3.05) is 81.9 Å². The third kappa shape index (κ3) is 17.9. The molecule has 0 saturated carbocycles. The van der Waals surface area contributed by atoms with Crippen molar-refractivity contribution in [3.63, 3.8) is 0 Å². The zero-order valence-corrected chi connectivity index (χ0v) is 23.9. The number of amides is 1. The summed E-state index contributed by atoms with van der Waals surface area (Å²) in [7, 11) is 12.2. The molecule has 0 atom stereocenters. The third-order valence-corrected chi connectivity index (χ3v) is 5.61. The van der Waals surface area contributed by atoms with Crippen LogP contribution in [0, 0.1) is 10.8 Å². The van der Waals surface area contributed by atoms with Crippen LogP contribution >= 0.6 is 0 Å². The summed E-state index contributed by atoms with van der Waals surface area (Å²) < 4.78 is 5.37. The number of nitrogens with zero attached hydrogens (tertiary/aromatic N) is 4. The Balaban J connectivity index is 0. The van der Waals surface area contributed by atoms with Crippen LogP contribution in [0.2, 0.25) is 0 Å². The maximum absolute atomic E-state index is 11.9. The van der Waals surface area contributed by atoms with Crippen LogP contribution in [0.1, 0.15) is 60.8 Å². The van der Waals surface area contributed by atoms with Crippen molar-refractivity contribution in [1.29, 1.82) is 0 Å². The van der Waals surface area contributed by atoms with Gasteiger partial charge in [-0.25, -0.2) is 0 Å². The van der Waals surface area contributed by atoms with Gasteiger partial charge < -0.3 is 15.0 Å². The molecule has 1 N–H and O–H groups in total. The lowest BCUT2D eigenvalue weighted by atomic mass is 9.89. The van der Waals surface area contributed by atoms with Gasteiger partial charge in [0.05, 0.1) is 18.8 Å². The predicted octanol–water partition coefficient (Wildman–Crippen LogP) is 2.80. The zero-order valence-electron chi connectivity index (χ0n) is 23.9. The predicted molar refractivity (Wildman–Crippen MR) is 139 cm³/mol. The average molecular weight is 474 g/mol. The van der Waals surface area contributed by atoms with Gasteiger partial charge in [0.25, 0.3) is 0 Å². The number of rotatable bonds is 15. The van der Waals surface area contributed by atoms with Crippen molar-refractivity contribution < 1.29 is 14.3 Å². The Morgan fingerprint density at radius 2 is 1.24 bits per heavy atom. The van der Waals surface area contributed by atoms with Gasteiger partial charge in [0, 0.05) is 18.5 Å². The summed E-state index contributed by atoms with van der Waals surface area (Å²) in [4.78, 5) is 32.1. The van der Waals surface area contributed by atoms with Gasteiger partial charge in [0.2, 0.25) is 5.91 Å². The van der Waals surface area contributed by atoms with Crippen LogP contribution in [-0.2, 0) is 14.3 Å². The molecule has 0 aromatic heterocycles. The second-order valence-corrected chi connectivity index (χ2v) is 10.9. The van der Waals surface area contributed by atoms with E-state index in [0.717, 1.165) is 52.2 Å². The van der Waals surface area contributed by atoms with E-state index in [9.17, 15) is 9.59 Å². The highest BCUT2D eigenvalue weighted by molar-refractivity contribution is 5.81. The Labute approximate surface area is 205 Å². The Morgan fingerprint density at radius 1 is 0.758 bits per heavy atom. The van der Waals surface area contributed by atoms with E-state index >= 15 is 0 Å². The van der Waals surface area contributed by atoms with Crippen molar-refractivity contribution in [3.8, 4) is 0 Å². The highest BCUT2D eigenvalue weighted by Crippen LogP contribution is 2.21. The quantitative estimate of drug-likeness (QED) is 0.223. The van der Waals surface area contributed by atoms with Gasteiger partial charge in [0.15, 0.2) is 0 Å². The molecule has 0 rings (SSSR count). The Kier molecular flexibility index (Phi) is 17.7. The molecule has 0 fully saturated rings. The fourth-order valence-electron chi connectivity index (χ4n) is 2.59. The van der Waals surface area contributed by atoms with Crippen molar-refractivity contribution in [2.24, 2.45) is 10.8 Å². The summed E-state index contributed by atoms with van der Waals surface area (Å²) in [5.74, 6) is 0.0587. The molecular formula is C25H55N5O3. The van der Waals surface area contributed by atoms with Gasteiger partial charge in [-0.3, -0.25) is 24.3 Å². The van der Waals surface area contributed by atoms with E-state index in [-0.39, 0.29) is 22.7 Å². The third-order valence-electron chi connectivity index (χ3n) is 5.61. The fourth-order valence-corrected chi connectivity index (χ4v) is 2.59. The largest absolute Gasteiger partial charge is 0.464 e. The first-order valence-electron chi connectivity index (χ1n) is 12.2. The van der Waals surface area contributed by atoms with E-state index in [2.05, 4.69) is 24.9 Å². The number of carbonyl (C=O) groups is 2. The lowest BCUT2D eigenvalue weighted by Gasteiger charge is -2.29. The molecule has 1 amide bonds.